The van der Waals surface area contributed by atoms with Crippen molar-refractivity contribution in [2.45, 2.75) is 115 Å². The standard InChI is InChI=1S/C32H44N2O3/c1-31(2,3)23-14-21(15-24(18-23)32(4)11-12-32)26-19-28(29(35)33-25-16-22(17-25)30(36)37)34(5)27(26)13-20-9-7-6-8-10-20/h14-15,18-20,22,25-26H,6-13,16-17H2,1-5H3,(H-,33,35,36,37)/p+1. The highest BCUT2D eigenvalue weighted by molar-refractivity contribution is 5.99. The molecule has 0 spiro atoms. The van der Waals surface area contributed by atoms with Crippen LogP contribution in [0.5, 0.6) is 0 Å². The van der Waals surface area contributed by atoms with E-state index in [9.17, 15) is 14.7 Å². The average Bonchev–Trinajstić information content (AvgIpc) is 3.50. The van der Waals surface area contributed by atoms with E-state index in [4.69, 9.17) is 0 Å². The minimum atomic E-state index is -0.759. The molecule has 0 bridgehead atoms. The fourth-order valence-electron chi connectivity index (χ4n) is 6.48. The molecule has 37 heavy (non-hydrogen) atoms. The molecule has 1 atom stereocenters. The zero-order chi connectivity index (χ0) is 26.5. The largest absolute Gasteiger partial charge is 0.481 e. The summed E-state index contributed by atoms with van der Waals surface area (Å²) in [6.07, 6.45) is 13.2. The van der Waals surface area contributed by atoms with Crippen LogP contribution >= 0.6 is 0 Å². The lowest BCUT2D eigenvalue weighted by Gasteiger charge is -2.32. The topological polar surface area (TPSA) is 69.4 Å². The molecule has 1 amide bonds. The molecule has 1 aromatic rings. The quantitative estimate of drug-likeness (QED) is 0.443. The van der Waals surface area contributed by atoms with Gasteiger partial charge in [0.25, 0.3) is 5.70 Å². The number of likely N-dealkylation sites (N-methyl/N-ethyl adjacent to an activating group) is 1. The number of benzene rings is 1. The van der Waals surface area contributed by atoms with E-state index < -0.39 is 5.97 Å². The Morgan fingerprint density at radius 3 is 2.35 bits per heavy atom. The van der Waals surface area contributed by atoms with E-state index in [-0.39, 0.29) is 34.6 Å². The number of hydrogen-bond acceptors (Lipinski definition) is 2. The first-order chi connectivity index (χ1) is 17.4. The highest BCUT2D eigenvalue weighted by Gasteiger charge is 2.43. The first-order valence-electron chi connectivity index (χ1n) is 14.5. The molecule has 2 N–H and O–H groups in total. The van der Waals surface area contributed by atoms with E-state index in [0.29, 0.717) is 18.8 Å². The van der Waals surface area contributed by atoms with E-state index >= 15 is 0 Å². The van der Waals surface area contributed by atoms with Crippen molar-refractivity contribution >= 4 is 17.6 Å². The smallest absolute Gasteiger partial charge is 0.315 e. The van der Waals surface area contributed by atoms with Gasteiger partial charge < -0.3 is 10.4 Å². The second-order valence-electron chi connectivity index (χ2n) is 13.6. The van der Waals surface area contributed by atoms with Crippen molar-refractivity contribution in [1.82, 2.24) is 5.32 Å². The van der Waals surface area contributed by atoms with E-state index in [2.05, 4.69) is 68.9 Å². The summed E-state index contributed by atoms with van der Waals surface area (Å²) in [7, 11) is 2.06. The first kappa shape index (κ1) is 26.2. The van der Waals surface area contributed by atoms with Crippen molar-refractivity contribution in [1.29, 1.82) is 0 Å². The van der Waals surface area contributed by atoms with Gasteiger partial charge in [-0.15, -0.1) is 0 Å². The van der Waals surface area contributed by atoms with Crippen molar-refractivity contribution in [3.63, 3.8) is 0 Å². The zero-order valence-corrected chi connectivity index (χ0v) is 23.4. The number of rotatable bonds is 7. The van der Waals surface area contributed by atoms with E-state index in [0.717, 1.165) is 12.1 Å². The Labute approximate surface area is 222 Å². The van der Waals surface area contributed by atoms with Crippen LogP contribution in [-0.4, -0.2) is 40.4 Å². The number of nitrogens with one attached hydrogen (secondary N) is 1. The maximum atomic E-state index is 13.4. The fraction of sp³-hybridized carbons (Fsp3) is 0.656. The molecule has 1 heterocycles. The SMILES string of the molecule is C[N+]1=C(CC2CCCCC2)C(c2cc(C(C)(C)C)cc(C3(C)CC3)c2)C=C1C(=O)NC1CC(C(=O)O)C1. The molecule has 5 rings (SSSR count). The van der Waals surface area contributed by atoms with Crippen LogP contribution < -0.4 is 5.32 Å². The molecule has 5 nitrogen and oxygen atoms in total. The van der Waals surface area contributed by atoms with Gasteiger partial charge in [-0.1, -0.05) is 65.2 Å². The lowest BCUT2D eigenvalue weighted by molar-refractivity contribution is -0.436. The number of hydrogen-bond donors (Lipinski definition) is 2. The van der Waals surface area contributed by atoms with Gasteiger partial charge in [0.2, 0.25) is 0 Å². The Morgan fingerprint density at radius 1 is 1.08 bits per heavy atom. The Balaban J connectivity index is 1.48. The van der Waals surface area contributed by atoms with Crippen LogP contribution in [0.1, 0.15) is 115 Å². The van der Waals surface area contributed by atoms with Gasteiger partial charge in [0.1, 0.15) is 7.05 Å². The minimum absolute atomic E-state index is 0.0469. The maximum absolute atomic E-state index is 13.4. The molecule has 1 aromatic carbocycles. The second-order valence-corrected chi connectivity index (χ2v) is 13.6. The highest BCUT2D eigenvalue weighted by Crippen LogP contribution is 2.49. The van der Waals surface area contributed by atoms with Gasteiger partial charge in [-0.05, 0) is 72.0 Å². The molecule has 200 valence electrons. The van der Waals surface area contributed by atoms with Gasteiger partial charge in [-0.2, -0.15) is 4.58 Å². The van der Waals surface area contributed by atoms with Crippen molar-refractivity contribution < 1.29 is 19.3 Å². The molecular formula is C32H45N2O3+. The number of nitrogens with zero attached hydrogens (tertiary/aromatic N) is 1. The maximum Gasteiger partial charge on any atom is 0.315 e. The monoisotopic (exact) mass is 505 g/mol. The number of carbonyl (C=O) groups is 2. The van der Waals surface area contributed by atoms with Gasteiger partial charge in [0, 0.05) is 18.5 Å². The Hall–Kier alpha value is -2.43. The van der Waals surface area contributed by atoms with Crippen LogP contribution in [0.15, 0.2) is 30.0 Å². The number of aliphatic carboxylic acids is 1. The van der Waals surface area contributed by atoms with Gasteiger partial charge in [-0.3, -0.25) is 9.59 Å². The van der Waals surface area contributed by atoms with Crippen LogP contribution in [0.4, 0.5) is 0 Å². The molecule has 1 unspecified atom stereocenters. The average molecular weight is 506 g/mol. The summed E-state index contributed by atoms with van der Waals surface area (Å²) in [5.74, 6) is -0.377. The van der Waals surface area contributed by atoms with Gasteiger partial charge in [-0.25, -0.2) is 0 Å². The van der Waals surface area contributed by atoms with E-state index in [1.807, 2.05) is 0 Å². The summed E-state index contributed by atoms with van der Waals surface area (Å²) < 4.78 is 2.16. The molecule has 3 saturated carbocycles. The van der Waals surface area contributed by atoms with Crippen LogP contribution in [-0.2, 0) is 20.4 Å². The zero-order valence-electron chi connectivity index (χ0n) is 23.4. The third-order valence-electron chi connectivity index (χ3n) is 9.63. The van der Waals surface area contributed by atoms with E-state index in [1.54, 1.807) is 0 Å². The van der Waals surface area contributed by atoms with Gasteiger partial charge >= 0.3 is 11.9 Å². The Kier molecular flexibility index (Phi) is 6.87. The molecule has 0 aromatic heterocycles. The van der Waals surface area contributed by atoms with E-state index in [1.165, 1.54) is 67.3 Å². The van der Waals surface area contributed by atoms with Crippen LogP contribution in [0.25, 0.3) is 0 Å². The Morgan fingerprint density at radius 2 is 1.76 bits per heavy atom. The number of carbonyl (C=O) groups excluding carboxylic acids is 1. The fourth-order valence-corrected chi connectivity index (χ4v) is 6.48. The summed E-state index contributed by atoms with van der Waals surface area (Å²) in [5.41, 5.74) is 6.51. The second kappa shape index (κ2) is 9.71. The predicted molar refractivity (Wildman–Crippen MR) is 147 cm³/mol. The predicted octanol–water partition coefficient (Wildman–Crippen LogP) is 6.05. The van der Waals surface area contributed by atoms with Crippen LogP contribution in [0.2, 0.25) is 0 Å². The molecule has 3 fully saturated rings. The van der Waals surface area contributed by atoms with Gasteiger partial charge in [0.05, 0.1) is 11.8 Å². The number of carboxylic acids is 1. The van der Waals surface area contributed by atoms with Crippen molar-refractivity contribution in [3.8, 4) is 0 Å². The molecule has 1 aliphatic heterocycles. The highest BCUT2D eigenvalue weighted by atomic mass is 16.4. The first-order valence-corrected chi connectivity index (χ1v) is 14.5. The summed E-state index contributed by atoms with van der Waals surface area (Å²) in [4.78, 5) is 24.6. The molecule has 0 radical (unpaired) electrons. The summed E-state index contributed by atoms with van der Waals surface area (Å²) in [5, 5.41) is 12.3. The van der Waals surface area contributed by atoms with Crippen molar-refractivity contribution in [2.75, 3.05) is 7.05 Å². The summed E-state index contributed by atoms with van der Waals surface area (Å²) in [6, 6.07) is 7.18. The minimum Gasteiger partial charge on any atom is -0.481 e. The number of amides is 1. The third kappa shape index (κ3) is 5.42. The number of carboxylic acid groups (broad SMARTS) is 1. The van der Waals surface area contributed by atoms with Crippen LogP contribution in [0, 0.1) is 11.8 Å². The molecule has 0 saturated heterocycles. The molecular weight excluding hydrogens is 460 g/mol. The lowest BCUT2D eigenvalue weighted by atomic mass is 9.78. The normalized spacial score (nSPS) is 27.5. The van der Waals surface area contributed by atoms with Gasteiger partial charge in [0.15, 0.2) is 5.71 Å². The summed E-state index contributed by atoms with van der Waals surface area (Å²) in [6.45, 7) is 9.24. The van der Waals surface area contributed by atoms with Crippen LogP contribution in [0.3, 0.4) is 0 Å². The Bertz CT molecular complexity index is 1120. The summed E-state index contributed by atoms with van der Waals surface area (Å²) >= 11 is 0. The van der Waals surface area contributed by atoms with Crippen molar-refractivity contribution in [2.24, 2.45) is 11.8 Å². The molecule has 3 aliphatic carbocycles. The molecule has 5 heteroatoms. The van der Waals surface area contributed by atoms with Crippen molar-refractivity contribution in [3.05, 3.63) is 46.7 Å². The third-order valence-corrected chi connectivity index (χ3v) is 9.63. The lowest BCUT2D eigenvalue weighted by Crippen LogP contribution is -2.47. The molecule has 4 aliphatic rings. The number of allylic oxidation sites excluding steroid dienone is 1.